The average Bonchev–Trinajstić information content (AvgIpc) is 2.74. The smallest absolute Gasteiger partial charge is 0.311 e. The lowest BCUT2D eigenvalue weighted by Gasteiger charge is -2.63. The predicted molar refractivity (Wildman–Crippen MR) is 128 cm³/mol. The van der Waals surface area contributed by atoms with E-state index in [4.69, 9.17) is 4.74 Å². The van der Waals surface area contributed by atoms with Gasteiger partial charge in [-0.15, -0.1) is 0 Å². The number of aliphatic hydroxyl groups excluding tert-OH is 1. The SMILES string of the molecule is COC(=O)[C@@]1(C)CC[C@H]2C3=CC(=O)C4[C@@H](CC[C@H]5C(C)(C)[C@@H](O)CC[C@]45C)[C@@H]3CC[C@@]2(C)C1. The van der Waals surface area contributed by atoms with E-state index in [-0.39, 0.29) is 34.2 Å². The largest absolute Gasteiger partial charge is 0.469 e. The summed E-state index contributed by atoms with van der Waals surface area (Å²) in [6.07, 6.45) is 10.8. The van der Waals surface area contributed by atoms with E-state index in [9.17, 15) is 14.7 Å². The summed E-state index contributed by atoms with van der Waals surface area (Å²) in [6.45, 7) is 11.2. The van der Waals surface area contributed by atoms with Gasteiger partial charge in [-0.3, -0.25) is 9.59 Å². The molecule has 0 spiro atoms. The molecule has 0 aromatic heterocycles. The number of fused-ring (bicyclic) bond motifs is 7. The molecule has 33 heavy (non-hydrogen) atoms. The van der Waals surface area contributed by atoms with Crippen LogP contribution in [0.3, 0.4) is 0 Å². The van der Waals surface area contributed by atoms with Crippen LogP contribution in [0.25, 0.3) is 0 Å². The van der Waals surface area contributed by atoms with Gasteiger partial charge in [-0.05, 0) is 111 Å². The van der Waals surface area contributed by atoms with Crippen LogP contribution in [0.1, 0.15) is 92.4 Å². The number of esters is 1. The number of hydrogen-bond donors (Lipinski definition) is 1. The molecule has 1 unspecified atom stereocenters. The van der Waals surface area contributed by atoms with Crippen molar-refractivity contribution in [3.05, 3.63) is 11.6 Å². The molecule has 184 valence electrons. The number of aliphatic hydroxyl groups is 1. The maximum absolute atomic E-state index is 13.9. The van der Waals surface area contributed by atoms with Gasteiger partial charge in [-0.25, -0.2) is 0 Å². The van der Waals surface area contributed by atoms with Crippen molar-refractivity contribution in [2.45, 2.75) is 98.5 Å². The summed E-state index contributed by atoms with van der Waals surface area (Å²) in [5.41, 5.74) is 0.930. The molecule has 0 heterocycles. The van der Waals surface area contributed by atoms with Crippen molar-refractivity contribution in [1.82, 2.24) is 0 Å². The molecule has 1 N–H and O–H groups in total. The summed E-state index contributed by atoms with van der Waals surface area (Å²) in [7, 11) is 1.50. The summed E-state index contributed by atoms with van der Waals surface area (Å²) in [5, 5.41) is 10.8. The third-order valence-corrected chi connectivity index (χ3v) is 11.7. The van der Waals surface area contributed by atoms with Crippen molar-refractivity contribution in [1.29, 1.82) is 0 Å². The van der Waals surface area contributed by atoms with Gasteiger partial charge in [0.1, 0.15) is 0 Å². The summed E-state index contributed by atoms with van der Waals surface area (Å²) in [4.78, 5) is 26.4. The number of ether oxygens (including phenoxy) is 1. The van der Waals surface area contributed by atoms with Gasteiger partial charge in [0.05, 0.1) is 18.6 Å². The van der Waals surface area contributed by atoms with Gasteiger partial charge in [-0.1, -0.05) is 33.3 Å². The summed E-state index contributed by atoms with van der Waals surface area (Å²) in [6, 6.07) is 0. The van der Waals surface area contributed by atoms with Crippen LogP contribution in [0.5, 0.6) is 0 Å². The number of carbonyl (C=O) groups excluding carboxylic acids is 2. The molecule has 4 saturated carbocycles. The number of allylic oxidation sites excluding steroid dienone is 2. The fraction of sp³-hybridized carbons (Fsp3) is 0.862. The Kier molecular flexibility index (Phi) is 5.30. The van der Waals surface area contributed by atoms with Crippen molar-refractivity contribution in [2.24, 2.45) is 51.2 Å². The first-order chi connectivity index (χ1) is 15.4. The van der Waals surface area contributed by atoms with E-state index in [2.05, 4.69) is 40.7 Å². The van der Waals surface area contributed by atoms with E-state index in [0.717, 1.165) is 57.8 Å². The zero-order valence-corrected chi connectivity index (χ0v) is 21.6. The summed E-state index contributed by atoms with van der Waals surface area (Å²) < 4.78 is 5.17. The Morgan fingerprint density at radius 1 is 1.00 bits per heavy atom. The Morgan fingerprint density at radius 3 is 2.42 bits per heavy atom. The van der Waals surface area contributed by atoms with Crippen LogP contribution in [0.15, 0.2) is 11.6 Å². The van der Waals surface area contributed by atoms with Crippen LogP contribution < -0.4 is 0 Å². The second-order valence-corrected chi connectivity index (χ2v) is 13.8. The van der Waals surface area contributed by atoms with Crippen LogP contribution in [-0.4, -0.2) is 30.1 Å². The third-order valence-electron chi connectivity index (χ3n) is 11.7. The monoisotopic (exact) mass is 456 g/mol. The Balaban J connectivity index is 1.47. The van der Waals surface area contributed by atoms with Gasteiger partial charge in [0.25, 0.3) is 0 Å². The lowest BCUT2D eigenvalue weighted by atomic mass is 9.41. The number of methoxy groups -OCH3 is 1. The lowest BCUT2D eigenvalue weighted by Crippen LogP contribution is -2.60. The second kappa shape index (κ2) is 7.42. The highest BCUT2D eigenvalue weighted by molar-refractivity contribution is 5.94. The molecule has 0 aromatic rings. The van der Waals surface area contributed by atoms with Gasteiger partial charge in [0.15, 0.2) is 5.78 Å². The average molecular weight is 457 g/mol. The van der Waals surface area contributed by atoms with Crippen LogP contribution in [0, 0.1) is 51.2 Å². The number of hydrogen-bond acceptors (Lipinski definition) is 4. The summed E-state index contributed by atoms with van der Waals surface area (Å²) in [5.74, 6) is 2.16. The molecule has 0 aliphatic heterocycles. The molecule has 5 rings (SSSR count). The summed E-state index contributed by atoms with van der Waals surface area (Å²) >= 11 is 0. The van der Waals surface area contributed by atoms with Crippen molar-refractivity contribution in [3.63, 3.8) is 0 Å². The first-order valence-electron chi connectivity index (χ1n) is 13.4. The number of carbonyl (C=O) groups is 2. The van der Waals surface area contributed by atoms with Gasteiger partial charge < -0.3 is 9.84 Å². The van der Waals surface area contributed by atoms with Gasteiger partial charge in [0, 0.05) is 5.92 Å². The van der Waals surface area contributed by atoms with E-state index in [1.807, 2.05) is 0 Å². The van der Waals surface area contributed by atoms with Gasteiger partial charge in [0.2, 0.25) is 0 Å². The first kappa shape index (κ1) is 23.6. The fourth-order valence-corrected chi connectivity index (χ4v) is 10.1. The Hall–Kier alpha value is -1.16. The quantitative estimate of drug-likeness (QED) is 0.513. The normalized spacial score (nSPS) is 50.8. The van der Waals surface area contributed by atoms with E-state index in [1.54, 1.807) is 0 Å². The Bertz CT molecular complexity index is 888. The predicted octanol–water partition coefficient (Wildman–Crippen LogP) is 5.72. The van der Waals surface area contributed by atoms with Crippen LogP contribution >= 0.6 is 0 Å². The Morgan fingerprint density at radius 2 is 1.73 bits per heavy atom. The van der Waals surface area contributed by atoms with Crippen molar-refractivity contribution < 1.29 is 19.4 Å². The van der Waals surface area contributed by atoms with E-state index in [1.165, 1.54) is 12.7 Å². The zero-order chi connectivity index (χ0) is 24.0. The van der Waals surface area contributed by atoms with E-state index in [0.29, 0.717) is 29.5 Å². The molecular formula is C29H44O4. The molecule has 0 radical (unpaired) electrons. The highest BCUT2D eigenvalue weighted by atomic mass is 16.5. The molecule has 4 heteroatoms. The molecule has 5 aliphatic carbocycles. The van der Waals surface area contributed by atoms with Gasteiger partial charge in [-0.2, -0.15) is 0 Å². The van der Waals surface area contributed by atoms with E-state index < -0.39 is 5.41 Å². The second-order valence-electron chi connectivity index (χ2n) is 13.8. The highest BCUT2D eigenvalue weighted by Crippen LogP contribution is 2.67. The molecule has 9 atom stereocenters. The standard InChI is InChI=1S/C29H44O4/c1-26(2)22-8-7-18-17-9-12-27(3)16-28(4,25(32)33-6)13-10-20(27)19(17)15-21(30)24(18)29(22,5)14-11-23(26)31/h15,17-18,20,22-24,31H,7-14,16H2,1-6H3/t17-,18-,20-,22-,23-,24?,27-,28-,29-/m0/s1. The van der Waals surface area contributed by atoms with Crippen molar-refractivity contribution >= 4 is 11.8 Å². The highest BCUT2D eigenvalue weighted by Gasteiger charge is 2.63. The third kappa shape index (κ3) is 3.18. The van der Waals surface area contributed by atoms with Crippen LogP contribution in [0.2, 0.25) is 0 Å². The molecule has 0 saturated heterocycles. The molecule has 4 fully saturated rings. The Labute approximate surface area is 199 Å². The first-order valence-corrected chi connectivity index (χ1v) is 13.4. The minimum Gasteiger partial charge on any atom is -0.469 e. The fourth-order valence-electron chi connectivity index (χ4n) is 10.1. The number of ketones is 1. The molecular weight excluding hydrogens is 412 g/mol. The topological polar surface area (TPSA) is 63.6 Å². The maximum atomic E-state index is 13.9. The van der Waals surface area contributed by atoms with Crippen molar-refractivity contribution in [2.75, 3.05) is 7.11 Å². The minimum absolute atomic E-state index is 0.0124. The molecule has 5 aliphatic rings. The molecule has 0 bridgehead atoms. The molecule has 0 aromatic carbocycles. The van der Waals surface area contributed by atoms with Gasteiger partial charge >= 0.3 is 5.97 Å². The van der Waals surface area contributed by atoms with Crippen LogP contribution in [-0.2, 0) is 14.3 Å². The maximum Gasteiger partial charge on any atom is 0.311 e. The minimum atomic E-state index is -0.408. The number of rotatable bonds is 1. The molecule has 4 nitrogen and oxygen atoms in total. The zero-order valence-electron chi connectivity index (χ0n) is 21.6. The van der Waals surface area contributed by atoms with E-state index >= 15 is 0 Å². The van der Waals surface area contributed by atoms with Crippen LogP contribution in [0.4, 0.5) is 0 Å². The lowest BCUT2D eigenvalue weighted by molar-refractivity contribution is -0.170. The molecule has 0 amide bonds. The van der Waals surface area contributed by atoms with Crippen molar-refractivity contribution in [3.8, 4) is 0 Å².